The van der Waals surface area contributed by atoms with E-state index in [0.717, 1.165) is 6.42 Å². The van der Waals surface area contributed by atoms with Gasteiger partial charge < -0.3 is 5.32 Å². The Balaban J connectivity index is 1.80. The van der Waals surface area contributed by atoms with Gasteiger partial charge in [-0.2, -0.15) is 5.10 Å². The molecule has 2 N–H and O–H groups in total. The minimum Gasteiger partial charge on any atom is -0.358 e. The molecule has 0 saturated heterocycles. The van der Waals surface area contributed by atoms with Gasteiger partial charge >= 0.3 is 0 Å². The first-order valence-electron chi connectivity index (χ1n) is 7.00. The van der Waals surface area contributed by atoms with Crippen molar-refractivity contribution in [3.63, 3.8) is 0 Å². The van der Waals surface area contributed by atoms with Crippen LogP contribution in [0.3, 0.4) is 0 Å². The van der Waals surface area contributed by atoms with Gasteiger partial charge in [0.1, 0.15) is 5.82 Å². The standard InChI is InChI=1S/C15H20FN3S/c1-11-5-2-3-8-14(11)18-15(20)19-17-10-12-6-4-7-13(16)9-12/h4,6-7,9-11,14H,2-3,5,8H2,1H3,(H2,18,19,20)/b17-10-/t11-,14+/m1/s1. The van der Waals surface area contributed by atoms with Crippen LogP contribution in [0.5, 0.6) is 0 Å². The highest BCUT2D eigenvalue weighted by molar-refractivity contribution is 7.80. The molecule has 0 aliphatic heterocycles. The number of nitrogens with zero attached hydrogens (tertiary/aromatic N) is 1. The molecule has 0 radical (unpaired) electrons. The van der Waals surface area contributed by atoms with Gasteiger partial charge in [-0.1, -0.05) is 31.9 Å². The van der Waals surface area contributed by atoms with Crippen LogP contribution in [0, 0.1) is 11.7 Å². The Morgan fingerprint density at radius 2 is 2.20 bits per heavy atom. The van der Waals surface area contributed by atoms with Crippen LogP contribution >= 0.6 is 12.2 Å². The minimum atomic E-state index is -0.273. The van der Waals surface area contributed by atoms with Gasteiger partial charge in [0.15, 0.2) is 5.11 Å². The average Bonchev–Trinajstić information content (AvgIpc) is 2.41. The molecule has 2 rings (SSSR count). The van der Waals surface area contributed by atoms with E-state index < -0.39 is 0 Å². The van der Waals surface area contributed by atoms with E-state index in [0.29, 0.717) is 22.6 Å². The molecule has 0 spiro atoms. The van der Waals surface area contributed by atoms with E-state index in [-0.39, 0.29) is 5.82 Å². The smallest absolute Gasteiger partial charge is 0.187 e. The van der Waals surface area contributed by atoms with Crippen LogP contribution < -0.4 is 10.7 Å². The maximum Gasteiger partial charge on any atom is 0.187 e. The number of thiocarbonyl (C=S) groups is 1. The molecule has 108 valence electrons. The molecule has 2 atom stereocenters. The first-order chi connectivity index (χ1) is 9.65. The zero-order valence-electron chi connectivity index (χ0n) is 11.6. The van der Waals surface area contributed by atoms with Gasteiger partial charge in [-0.3, -0.25) is 5.43 Å². The van der Waals surface area contributed by atoms with E-state index in [1.165, 1.54) is 31.4 Å². The number of nitrogens with one attached hydrogen (secondary N) is 2. The SMILES string of the molecule is C[C@@H]1CCCC[C@@H]1NC(=S)N/N=C\c1cccc(F)c1. The van der Waals surface area contributed by atoms with Gasteiger partial charge in [0.25, 0.3) is 0 Å². The van der Waals surface area contributed by atoms with Crippen LogP contribution in [0.2, 0.25) is 0 Å². The fourth-order valence-electron chi connectivity index (χ4n) is 2.48. The Kier molecular flexibility index (Phi) is 5.47. The fraction of sp³-hybridized carbons (Fsp3) is 0.467. The molecule has 0 heterocycles. The van der Waals surface area contributed by atoms with Gasteiger partial charge in [0.2, 0.25) is 0 Å². The number of benzene rings is 1. The monoisotopic (exact) mass is 293 g/mol. The van der Waals surface area contributed by atoms with Gasteiger partial charge in [-0.05, 0) is 48.7 Å². The largest absolute Gasteiger partial charge is 0.358 e. The summed E-state index contributed by atoms with van der Waals surface area (Å²) >= 11 is 5.22. The molecule has 1 aliphatic rings. The average molecular weight is 293 g/mol. The summed E-state index contributed by atoms with van der Waals surface area (Å²) in [4.78, 5) is 0. The lowest BCUT2D eigenvalue weighted by Crippen LogP contribution is -2.44. The molecule has 0 unspecified atom stereocenters. The van der Waals surface area contributed by atoms with Gasteiger partial charge in [-0.15, -0.1) is 0 Å². The van der Waals surface area contributed by atoms with Crippen molar-refractivity contribution in [3.8, 4) is 0 Å². The van der Waals surface area contributed by atoms with E-state index in [2.05, 4.69) is 22.8 Å². The molecular formula is C15H20FN3S. The van der Waals surface area contributed by atoms with Crippen LogP contribution in [0.15, 0.2) is 29.4 Å². The first kappa shape index (κ1) is 14.9. The Hall–Kier alpha value is -1.49. The van der Waals surface area contributed by atoms with Crippen molar-refractivity contribution in [1.82, 2.24) is 10.7 Å². The lowest BCUT2D eigenvalue weighted by Gasteiger charge is -2.30. The third-order valence-corrected chi connectivity index (χ3v) is 3.87. The summed E-state index contributed by atoms with van der Waals surface area (Å²) in [7, 11) is 0. The van der Waals surface area contributed by atoms with Crippen LogP contribution in [-0.2, 0) is 0 Å². The molecule has 3 nitrogen and oxygen atoms in total. The predicted octanol–water partition coefficient (Wildman–Crippen LogP) is 3.20. The molecule has 0 aromatic heterocycles. The number of hydrazone groups is 1. The van der Waals surface area contributed by atoms with Crippen molar-refractivity contribution in [2.45, 2.75) is 38.6 Å². The first-order valence-corrected chi connectivity index (χ1v) is 7.41. The van der Waals surface area contributed by atoms with Crippen molar-refractivity contribution in [1.29, 1.82) is 0 Å². The quantitative estimate of drug-likeness (QED) is 0.510. The topological polar surface area (TPSA) is 36.4 Å². The van der Waals surface area contributed by atoms with Crippen LogP contribution in [0.1, 0.15) is 38.2 Å². The normalized spacial score (nSPS) is 22.7. The van der Waals surface area contributed by atoms with Gasteiger partial charge in [0.05, 0.1) is 6.21 Å². The zero-order chi connectivity index (χ0) is 14.4. The fourth-order valence-corrected chi connectivity index (χ4v) is 2.69. The third-order valence-electron chi connectivity index (χ3n) is 3.66. The molecule has 5 heteroatoms. The highest BCUT2D eigenvalue weighted by atomic mass is 32.1. The van der Waals surface area contributed by atoms with Crippen LogP contribution in [0.4, 0.5) is 4.39 Å². The minimum absolute atomic E-state index is 0.273. The Bertz CT molecular complexity index is 490. The molecule has 20 heavy (non-hydrogen) atoms. The molecule has 1 aromatic rings. The molecule has 1 aromatic carbocycles. The van der Waals surface area contributed by atoms with E-state index >= 15 is 0 Å². The Morgan fingerprint density at radius 3 is 2.95 bits per heavy atom. The van der Waals surface area contributed by atoms with Gasteiger partial charge in [0, 0.05) is 6.04 Å². The molecule has 1 fully saturated rings. The maximum absolute atomic E-state index is 13.0. The number of hydrogen-bond donors (Lipinski definition) is 2. The zero-order valence-corrected chi connectivity index (χ0v) is 12.4. The summed E-state index contributed by atoms with van der Waals surface area (Å²) in [6, 6.07) is 6.69. The number of halogens is 1. The summed E-state index contributed by atoms with van der Waals surface area (Å²) in [6.07, 6.45) is 6.50. The summed E-state index contributed by atoms with van der Waals surface area (Å²) in [5.41, 5.74) is 3.49. The summed E-state index contributed by atoms with van der Waals surface area (Å²) in [6.45, 7) is 2.25. The van der Waals surface area contributed by atoms with Crippen molar-refractivity contribution < 1.29 is 4.39 Å². The second kappa shape index (κ2) is 7.33. The van der Waals surface area contributed by atoms with Gasteiger partial charge in [-0.25, -0.2) is 4.39 Å². The summed E-state index contributed by atoms with van der Waals surface area (Å²) in [5, 5.41) is 7.85. The molecule has 0 bridgehead atoms. The lowest BCUT2D eigenvalue weighted by molar-refractivity contribution is 0.308. The van der Waals surface area contributed by atoms with E-state index in [1.54, 1.807) is 18.3 Å². The Morgan fingerprint density at radius 1 is 1.40 bits per heavy atom. The highest BCUT2D eigenvalue weighted by Gasteiger charge is 2.21. The van der Waals surface area contributed by atoms with E-state index in [9.17, 15) is 4.39 Å². The molecule has 0 amide bonds. The second-order valence-electron chi connectivity index (χ2n) is 5.27. The number of rotatable bonds is 3. The highest BCUT2D eigenvalue weighted by Crippen LogP contribution is 2.23. The van der Waals surface area contributed by atoms with Crippen LogP contribution in [-0.4, -0.2) is 17.4 Å². The third kappa shape index (κ3) is 4.56. The van der Waals surface area contributed by atoms with Crippen molar-refractivity contribution in [3.05, 3.63) is 35.6 Å². The van der Waals surface area contributed by atoms with Crippen molar-refractivity contribution in [2.75, 3.05) is 0 Å². The number of hydrogen-bond acceptors (Lipinski definition) is 2. The van der Waals surface area contributed by atoms with E-state index in [1.807, 2.05) is 0 Å². The predicted molar refractivity (Wildman–Crippen MR) is 84.3 cm³/mol. The lowest BCUT2D eigenvalue weighted by atomic mass is 9.86. The molecule has 1 aliphatic carbocycles. The second-order valence-corrected chi connectivity index (χ2v) is 5.67. The molecule has 1 saturated carbocycles. The van der Waals surface area contributed by atoms with Crippen LogP contribution in [0.25, 0.3) is 0 Å². The summed E-state index contributed by atoms with van der Waals surface area (Å²) < 4.78 is 13.0. The van der Waals surface area contributed by atoms with Crippen molar-refractivity contribution in [2.24, 2.45) is 11.0 Å². The Labute approximate surface area is 124 Å². The maximum atomic E-state index is 13.0. The molecular weight excluding hydrogens is 273 g/mol. The van der Waals surface area contributed by atoms with Crippen molar-refractivity contribution >= 4 is 23.5 Å². The summed E-state index contributed by atoms with van der Waals surface area (Å²) in [5.74, 6) is 0.362. The van der Waals surface area contributed by atoms with E-state index in [4.69, 9.17) is 12.2 Å².